The van der Waals surface area contributed by atoms with Crippen LogP contribution in [0.5, 0.6) is 0 Å². The van der Waals surface area contributed by atoms with Crippen LogP contribution in [0.3, 0.4) is 0 Å². The number of aromatic nitrogens is 13. The van der Waals surface area contributed by atoms with Crippen LogP contribution in [0.1, 0.15) is 12.7 Å². The molecule has 704 valence electrons. The summed E-state index contributed by atoms with van der Waals surface area (Å²) in [7, 11) is 0. The SMILES string of the molecule is CCc1nc2ccccc2n1-c1ccc(-c2nc3ccccc3c3ccc4c(nc(-c5ccccc5)n4-c4ccccc4)c23)cc1.c1ccc(-c2nc3c4c(-c5ccc(-c6ccc(-c7nc8ccccc8s7)cc6)cc5)nc5ccccc5c4ccc3n2-c2ccccc2)cc1.c1ccc(-c2nc3c4c(-c5ccc(-c6ccc7cc(-c8nc9ccccc9s8)ccc7c6)cc5)nc5ccccc5c4ccc3n2-c2ccccc2)cc1. The van der Waals surface area contributed by atoms with E-state index < -0.39 is 0 Å². The second-order valence-electron chi connectivity index (χ2n) is 37.7. The Bertz CT molecular complexity index is 10400. The van der Waals surface area contributed by atoms with Crippen LogP contribution in [-0.4, -0.2) is 63.1 Å². The summed E-state index contributed by atoms with van der Waals surface area (Å²) in [4.78, 5) is 46.9. The van der Waals surface area contributed by atoms with Crippen LogP contribution in [0.15, 0.2) is 497 Å². The first-order chi connectivity index (χ1) is 74.3. The molecule has 9 aromatic heterocycles. The number of hydrogen-bond acceptors (Lipinski definition) is 11. The summed E-state index contributed by atoms with van der Waals surface area (Å²) in [5.74, 6) is 3.76. The van der Waals surface area contributed by atoms with Crippen molar-refractivity contribution in [1.82, 2.24) is 63.1 Å². The molecular formula is C135H87N13S2. The summed E-state index contributed by atoms with van der Waals surface area (Å²) in [6, 6.07) is 175. The molecule has 0 bridgehead atoms. The highest BCUT2D eigenvalue weighted by Crippen LogP contribution is 2.47. The van der Waals surface area contributed by atoms with Gasteiger partial charge in [0, 0.05) is 106 Å². The van der Waals surface area contributed by atoms with Crippen LogP contribution in [-0.2, 0) is 6.42 Å². The van der Waals surface area contributed by atoms with E-state index in [1.807, 2.05) is 42.5 Å². The Morgan fingerprint density at radius 2 is 0.480 bits per heavy atom. The first-order valence-corrected chi connectivity index (χ1v) is 52.1. The smallest absolute Gasteiger partial charge is 0.145 e. The highest BCUT2D eigenvalue weighted by atomic mass is 32.1. The van der Waals surface area contributed by atoms with Gasteiger partial charge in [-0.1, -0.05) is 371 Å². The van der Waals surface area contributed by atoms with Gasteiger partial charge in [0.05, 0.1) is 98.2 Å². The van der Waals surface area contributed by atoms with Crippen molar-refractivity contribution in [3.05, 3.63) is 503 Å². The number of para-hydroxylation sites is 10. The van der Waals surface area contributed by atoms with E-state index in [4.69, 9.17) is 44.9 Å². The van der Waals surface area contributed by atoms with Crippen molar-refractivity contribution in [3.8, 4) is 134 Å². The van der Waals surface area contributed by atoms with Crippen LogP contribution in [0.2, 0.25) is 0 Å². The number of nitrogens with zero attached hydrogens (tertiary/aromatic N) is 13. The molecule has 30 aromatic rings. The minimum atomic E-state index is 0.846. The normalized spacial score (nSPS) is 11.7. The Kier molecular flexibility index (Phi) is 22.0. The average molecular weight is 1960 g/mol. The van der Waals surface area contributed by atoms with Crippen LogP contribution >= 0.6 is 22.7 Å². The van der Waals surface area contributed by atoms with Gasteiger partial charge in [0.2, 0.25) is 0 Å². The van der Waals surface area contributed by atoms with Crippen molar-refractivity contribution in [2.75, 3.05) is 0 Å². The molecule has 150 heavy (non-hydrogen) atoms. The van der Waals surface area contributed by atoms with Crippen molar-refractivity contribution < 1.29 is 0 Å². The summed E-state index contributed by atoms with van der Waals surface area (Å²) >= 11 is 3.47. The third-order valence-electron chi connectivity index (χ3n) is 28.7. The molecule has 0 radical (unpaired) electrons. The number of aryl methyl sites for hydroxylation is 1. The lowest BCUT2D eigenvalue weighted by Crippen LogP contribution is -2.00. The van der Waals surface area contributed by atoms with Gasteiger partial charge in [-0.25, -0.2) is 44.9 Å². The molecular weight excluding hydrogens is 1870 g/mol. The van der Waals surface area contributed by atoms with Gasteiger partial charge in [-0.2, -0.15) is 0 Å². The number of rotatable bonds is 15. The Morgan fingerprint density at radius 1 is 0.187 bits per heavy atom. The van der Waals surface area contributed by atoms with Gasteiger partial charge in [-0.05, 0) is 183 Å². The summed E-state index contributed by atoms with van der Waals surface area (Å²) in [5, 5.41) is 14.4. The third kappa shape index (κ3) is 15.7. The van der Waals surface area contributed by atoms with Gasteiger partial charge in [-0.3, -0.25) is 18.3 Å². The Hall–Kier alpha value is -19.5. The Balaban J connectivity index is 0.000000108. The van der Waals surface area contributed by atoms with E-state index in [2.05, 4.69) is 480 Å². The second kappa shape index (κ2) is 37.3. The van der Waals surface area contributed by atoms with Gasteiger partial charge >= 0.3 is 0 Å². The van der Waals surface area contributed by atoms with Crippen LogP contribution in [0.25, 0.3) is 274 Å². The zero-order valence-corrected chi connectivity index (χ0v) is 82.8. The van der Waals surface area contributed by atoms with Crippen molar-refractivity contribution in [3.63, 3.8) is 0 Å². The van der Waals surface area contributed by atoms with Crippen LogP contribution in [0, 0.1) is 0 Å². The Labute approximate surface area is 870 Å². The number of hydrogen-bond donors (Lipinski definition) is 0. The fraction of sp³-hybridized carbons (Fsp3) is 0.0148. The van der Waals surface area contributed by atoms with Crippen LogP contribution in [0.4, 0.5) is 0 Å². The van der Waals surface area contributed by atoms with E-state index in [-0.39, 0.29) is 0 Å². The second-order valence-corrected chi connectivity index (χ2v) is 39.7. The van der Waals surface area contributed by atoms with Crippen LogP contribution < -0.4 is 0 Å². The van der Waals surface area contributed by atoms with Gasteiger partial charge in [0.15, 0.2) is 0 Å². The predicted molar refractivity (Wildman–Crippen MR) is 624 cm³/mol. The number of thiazole rings is 2. The minimum Gasteiger partial charge on any atom is -0.296 e. The van der Waals surface area contributed by atoms with E-state index in [9.17, 15) is 0 Å². The van der Waals surface area contributed by atoms with Gasteiger partial charge < -0.3 is 0 Å². The van der Waals surface area contributed by atoms with Crippen molar-refractivity contribution in [1.29, 1.82) is 0 Å². The lowest BCUT2D eigenvalue weighted by molar-refractivity contribution is 0.908. The zero-order valence-electron chi connectivity index (χ0n) is 81.2. The maximum absolute atomic E-state index is 5.43. The van der Waals surface area contributed by atoms with Gasteiger partial charge in [0.25, 0.3) is 0 Å². The topological polar surface area (TPSA) is 136 Å². The van der Waals surface area contributed by atoms with E-state index in [1.165, 1.54) is 25.7 Å². The molecule has 13 nitrogen and oxygen atoms in total. The predicted octanol–water partition coefficient (Wildman–Crippen LogP) is 35.1. The van der Waals surface area contributed by atoms with E-state index in [1.54, 1.807) is 22.7 Å². The number of imidazole rings is 4. The molecule has 0 fully saturated rings. The standard InChI is InChI=1S/C49H30N4S.C45H28N4S.C41H29N5/c1-3-11-33(12-4-1)48-52-47-43(53(48)38-13-5-2-6-14-38)28-27-40-39-15-7-8-16-41(39)50-46(45(40)47)32-21-19-31(20-22-32)34-23-24-36-30-37(26-25-35(36)29-34)49-51-42-17-9-10-18-44(42)54-49;1-3-11-32(12-4-1)44-48-43-39(49(44)34-13-5-2-6-14-34)28-27-36-35-15-7-8-16-37(35)46-42(41(36)43)31-23-19-29(20-24-31)30-21-25-33(26-22-30)45-47-38-17-9-10-18-40(38)50-45;1-2-37-42-34-19-11-12-20-35(34)45(37)30-23-21-27(22-24-30)39-38-32(31-17-9-10-18-33(31)43-39)25-26-36-40(38)44-41(28-13-5-3-6-14-28)46(36)29-15-7-4-8-16-29/h1-30H;1-28H;3-26H,2H2,1H3. The number of fused-ring (bicyclic) bond motifs is 19. The fourth-order valence-corrected chi connectivity index (χ4v) is 23.5. The third-order valence-corrected chi connectivity index (χ3v) is 30.9. The summed E-state index contributed by atoms with van der Waals surface area (Å²) < 4.78 is 11.5. The molecule has 0 spiro atoms. The van der Waals surface area contributed by atoms with Gasteiger partial charge in [0.1, 0.15) is 33.3 Å². The van der Waals surface area contributed by atoms with Crippen molar-refractivity contribution >= 4 is 163 Å². The average Bonchev–Trinajstić information content (AvgIpc) is 1.53. The monoisotopic (exact) mass is 1950 g/mol. The summed E-state index contributed by atoms with van der Waals surface area (Å²) in [5.41, 5.74) is 33.4. The fourth-order valence-electron chi connectivity index (χ4n) is 21.6. The lowest BCUT2D eigenvalue weighted by atomic mass is 9.96. The Morgan fingerprint density at radius 3 is 0.867 bits per heavy atom. The van der Waals surface area contributed by atoms with E-state index in [0.29, 0.717) is 0 Å². The highest BCUT2D eigenvalue weighted by molar-refractivity contribution is 7.22. The molecule has 0 aliphatic heterocycles. The van der Waals surface area contributed by atoms with E-state index in [0.717, 1.165) is 261 Å². The maximum atomic E-state index is 5.43. The maximum Gasteiger partial charge on any atom is 0.145 e. The number of pyridine rings is 3. The van der Waals surface area contributed by atoms with E-state index >= 15 is 0 Å². The molecule has 9 heterocycles. The van der Waals surface area contributed by atoms with Crippen molar-refractivity contribution in [2.24, 2.45) is 0 Å². The molecule has 0 N–H and O–H groups in total. The first-order valence-electron chi connectivity index (χ1n) is 50.5. The quantitative estimate of drug-likeness (QED) is 0.0919. The summed E-state index contributed by atoms with van der Waals surface area (Å²) in [6.45, 7) is 2.15. The highest BCUT2D eigenvalue weighted by Gasteiger charge is 2.28. The molecule has 0 aliphatic carbocycles. The molecule has 0 saturated heterocycles. The first kappa shape index (κ1) is 88.3. The molecule has 30 rings (SSSR count). The lowest BCUT2D eigenvalue weighted by Gasteiger charge is -2.13. The van der Waals surface area contributed by atoms with Gasteiger partial charge in [-0.15, -0.1) is 22.7 Å². The largest absolute Gasteiger partial charge is 0.296 e. The number of benzene rings is 21. The van der Waals surface area contributed by atoms with Crippen molar-refractivity contribution in [2.45, 2.75) is 13.3 Å². The summed E-state index contributed by atoms with van der Waals surface area (Å²) in [6.07, 6.45) is 0.846. The molecule has 0 saturated carbocycles. The molecule has 0 amide bonds. The minimum absolute atomic E-state index is 0.846. The zero-order chi connectivity index (χ0) is 99.2. The molecule has 15 heteroatoms. The molecule has 21 aromatic carbocycles. The molecule has 0 unspecified atom stereocenters. The molecule has 0 aliphatic rings. The molecule has 0 atom stereocenters.